The number of ether oxygens (including phenoxy) is 1. The van der Waals surface area contributed by atoms with Crippen molar-refractivity contribution in [2.24, 2.45) is 4.99 Å². The monoisotopic (exact) mass is 378 g/mol. The molecule has 0 spiro atoms. The maximum Gasteiger partial charge on any atom is 0.129 e. The summed E-state index contributed by atoms with van der Waals surface area (Å²) in [4.78, 5) is 6.25. The lowest BCUT2D eigenvalue weighted by atomic mass is 10.1. The van der Waals surface area contributed by atoms with Crippen molar-refractivity contribution < 1.29 is 14.2 Å². The van der Waals surface area contributed by atoms with Gasteiger partial charge in [-0.1, -0.05) is 24.6 Å². The number of likely N-dealkylation sites (N-methyl/N-ethyl adjacent to an activating group) is 1. The molecular formula is C20H24ClFN2O2. The first kappa shape index (κ1) is 20.2. The van der Waals surface area contributed by atoms with E-state index in [4.69, 9.17) is 16.3 Å². The normalized spacial score (nSPS) is 12.7. The Morgan fingerprint density at radius 2 is 2.08 bits per heavy atom. The van der Waals surface area contributed by atoms with Crippen molar-refractivity contribution in [3.05, 3.63) is 58.4 Å². The molecule has 2 rings (SSSR count). The third kappa shape index (κ3) is 5.19. The van der Waals surface area contributed by atoms with Crippen LogP contribution in [0.15, 0.2) is 41.4 Å². The molecule has 140 valence electrons. The fourth-order valence-corrected chi connectivity index (χ4v) is 2.82. The molecule has 0 bridgehead atoms. The van der Waals surface area contributed by atoms with Crippen LogP contribution in [0.25, 0.3) is 0 Å². The number of hydrogen-bond acceptors (Lipinski definition) is 4. The number of aliphatic imine (C=N–C) groups is 1. The van der Waals surface area contributed by atoms with Crippen LogP contribution in [0.4, 0.5) is 4.39 Å². The van der Waals surface area contributed by atoms with Crippen molar-refractivity contribution in [1.82, 2.24) is 4.90 Å². The van der Waals surface area contributed by atoms with Crippen LogP contribution in [0.1, 0.15) is 30.5 Å². The van der Waals surface area contributed by atoms with E-state index in [9.17, 15) is 9.50 Å². The Balaban J connectivity index is 2.14. The molecule has 26 heavy (non-hydrogen) atoms. The van der Waals surface area contributed by atoms with Gasteiger partial charge in [-0.25, -0.2) is 4.39 Å². The lowest BCUT2D eigenvalue weighted by Gasteiger charge is -2.24. The largest absolute Gasteiger partial charge is 0.507 e. The van der Waals surface area contributed by atoms with Crippen LogP contribution in [0.5, 0.6) is 11.5 Å². The zero-order valence-corrected chi connectivity index (χ0v) is 16.0. The summed E-state index contributed by atoms with van der Waals surface area (Å²) in [7, 11) is 3.70. The molecule has 0 aliphatic carbocycles. The summed E-state index contributed by atoms with van der Waals surface area (Å²) >= 11 is 6.18. The van der Waals surface area contributed by atoms with Gasteiger partial charge in [0.05, 0.1) is 19.2 Å². The minimum Gasteiger partial charge on any atom is -0.507 e. The van der Waals surface area contributed by atoms with Gasteiger partial charge in [-0.05, 0) is 44.8 Å². The van der Waals surface area contributed by atoms with Gasteiger partial charge in [0.15, 0.2) is 0 Å². The molecule has 0 saturated carbocycles. The van der Waals surface area contributed by atoms with Crippen LogP contribution >= 0.6 is 11.6 Å². The number of rotatable bonds is 8. The van der Waals surface area contributed by atoms with Gasteiger partial charge < -0.3 is 14.7 Å². The Hall–Kier alpha value is -2.11. The summed E-state index contributed by atoms with van der Waals surface area (Å²) in [5.41, 5.74) is 0.995. The minimum atomic E-state index is -0.355. The van der Waals surface area contributed by atoms with Crippen LogP contribution in [0.3, 0.4) is 0 Å². The number of halogens is 2. The molecule has 0 aliphatic rings. The van der Waals surface area contributed by atoms with E-state index in [1.807, 2.05) is 25.9 Å². The molecule has 0 fully saturated rings. The third-order valence-corrected chi connectivity index (χ3v) is 4.27. The third-order valence-electron chi connectivity index (χ3n) is 3.94. The molecule has 4 nitrogen and oxygen atoms in total. The van der Waals surface area contributed by atoms with E-state index in [2.05, 4.69) is 4.99 Å². The molecule has 0 aromatic heterocycles. The molecule has 0 radical (unpaired) electrons. The Morgan fingerprint density at radius 3 is 2.69 bits per heavy atom. The summed E-state index contributed by atoms with van der Waals surface area (Å²) in [5, 5.41) is 10.5. The lowest BCUT2D eigenvalue weighted by molar-refractivity contribution is 0.299. The predicted molar refractivity (Wildman–Crippen MR) is 104 cm³/mol. The van der Waals surface area contributed by atoms with Gasteiger partial charge in [0.2, 0.25) is 0 Å². The Bertz CT molecular complexity index is 745. The van der Waals surface area contributed by atoms with Gasteiger partial charge in [-0.15, -0.1) is 0 Å². The number of phenols is 1. The zero-order chi connectivity index (χ0) is 19.1. The second kappa shape index (κ2) is 9.55. The van der Waals surface area contributed by atoms with Crippen LogP contribution in [0.2, 0.25) is 5.02 Å². The molecule has 0 aliphatic heterocycles. The SMILES string of the molecule is CCCOc1ccc(C=NC[C@@H](c2c(F)cccc2Cl)N(C)C)c(O)c1. The summed E-state index contributed by atoms with van der Waals surface area (Å²) in [6, 6.07) is 9.42. The average molecular weight is 379 g/mol. The summed E-state index contributed by atoms with van der Waals surface area (Å²) in [6.45, 7) is 2.92. The van der Waals surface area contributed by atoms with Gasteiger partial charge in [-0.2, -0.15) is 0 Å². The first-order valence-electron chi connectivity index (χ1n) is 8.50. The van der Waals surface area contributed by atoms with Crippen molar-refractivity contribution in [3.8, 4) is 11.5 Å². The highest BCUT2D eigenvalue weighted by molar-refractivity contribution is 6.31. The van der Waals surface area contributed by atoms with Crippen LogP contribution in [0, 0.1) is 5.82 Å². The van der Waals surface area contributed by atoms with E-state index in [1.54, 1.807) is 36.5 Å². The highest BCUT2D eigenvalue weighted by atomic mass is 35.5. The van der Waals surface area contributed by atoms with Crippen molar-refractivity contribution in [3.63, 3.8) is 0 Å². The van der Waals surface area contributed by atoms with E-state index in [0.29, 0.717) is 35.1 Å². The lowest BCUT2D eigenvalue weighted by Crippen LogP contribution is -2.24. The first-order valence-corrected chi connectivity index (χ1v) is 8.87. The quantitative estimate of drug-likeness (QED) is 0.677. The zero-order valence-electron chi connectivity index (χ0n) is 15.2. The highest BCUT2D eigenvalue weighted by Gasteiger charge is 2.20. The standard InChI is InChI=1S/C20H24ClFN2O2/c1-4-10-26-15-9-8-14(19(25)11-15)12-23-13-18(24(2)3)20-16(21)6-5-7-17(20)22/h5-9,11-12,18,25H,4,10,13H2,1-3H3/t18-/m0/s1. The molecule has 0 amide bonds. The summed E-state index contributed by atoms with van der Waals surface area (Å²) < 4.78 is 19.7. The maximum absolute atomic E-state index is 14.2. The second-order valence-electron chi connectivity index (χ2n) is 6.18. The molecule has 2 aromatic carbocycles. The summed E-state index contributed by atoms with van der Waals surface area (Å²) in [5.74, 6) is 0.352. The second-order valence-corrected chi connectivity index (χ2v) is 6.59. The minimum absolute atomic E-state index is 0.0904. The first-order chi connectivity index (χ1) is 12.4. The molecule has 0 unspecified atom stereocenters. The highest BCUT2D eigenvalue weighted by Crippen LogP contribution is 2.29. The summed E-state index contributed by atoms with van der Waals surface area (Å²) in [6.07, 6.45) is 2.47. The van der Waals surface area contributed by atoms with E-state index in [1.165, 1.54) is 6.07 Å². The van der Waals surface area contributed by atoms with Gasteiger partial charge in [-0.3, -0.25) is 4.99 Å². The van der Waals surface area contributed by atoms with Gasteiger partial charge in [0.25, 0.3) is 0 Å². The van der Waals surface area contributed by atoms with E-state index in [-0.39, 0.29) is 17.6 Å². The number of hydrogen-bond donors (Lipinski definition) is 1. The molecule has 0 saturated heterocycles. The molecule has 6 heteroatoms. The van der Waals surface area contributed by atoms with Crippen LogP contribution in [-0.2, 0) is 0 Å². The molecule has 2 aromatic rings. The Morgan fingerprint density at radius 1 is 1.31 bits per heavy atom. The van der Waals surface area contributed by atoms with Gasteiger partial charge >= 0.3 is 0 Å². The van der Waals surface area contributed by atoms with Crippen molar-refractivity contribution in [2.45, 2.75) is 19.4 Å². The number of aromatic hydroxyl groups is 1. The van der Waals surface area contributed by atoms with Gasteiger partial charge in [0.1, 0.15) is 17.3 Å². The van der Waals surface area contributed by atoms with Crippen molar-refractivity contribution in [1.29, 1.82) is 0 Å². The Kier molecular flexibility index (Phi) is 7.42. The van der Waals surface area contributed by atoms with Crippen molar-refractivity contribution >= 4 is 17.8 Å². The van der Waals surface area contributed by atoms with Gasteiger partial charge in [0, 0.05) is 28.4 Å². The number of phenolic OH excluding ortho intramolecular Hbond substituents is 1. The number of benzene rings is 2. The fourth-order valence-electron chi connectivity index (χ4n) is 2.54. The van der Waals surface area contributed by atoms with E-state index < -0.39 is 0 Å². The number of nitrogens with zero attached hydrogens (tertiary/aromatic N) is 2. The predicted octanol–water partition coefficient (Wildman–Crippen LogP) is 4.70. The van der Waals surface area contributed by atoms with E-state index in [0.717, 1.165) is 6.42 Å². The maximum atomic E-state index is 14.2. The molecule has 1 atom stereocenters. The van der Waals surface area contributed by atoms with E-state index >= 15 is 0 Å². The molecular weight excluding hydrogens is 355 g/mol. The molecule has 1 N–H and O–H groups in total. The van der Waals surface area contributed by atoms with Crippen LogP contribution < -0.4 is 4.74 Å². The average Bonchev–Trinajstić information content (AvgIpc) is 2.59. The topological polar surface area (TPSA) is 45.1 Å². The van der Waals surface area contributed by atoms with Crippen molar-refractivity contribution in [2.75, 3.05) is 27.2 Å². The fraction of sp³-hybridized carbons (Fsp3) is 0.350. The Labute approximate surface area is 158 Å². The molecule has 0 heterocycles. The smallest absolute Gasteiger partial charge is 0.129 e. The van der Waals surface area contributed by atoms with Crippen LogP contribution in [-0.4, -0.2) is 43.5 Å².